The predicted molar refractivity (Wildman–Crippen MR) is 58.9 cm³/mol. The van der Waals surface area contributed by atoms with Gasteiger partial charge in [-0.2, -0.15) is 0 Å². The van der Waals surface area contributed by atoms with E-state index in [9.17, 15) is 14.9 Å². The van der Waals surface area contributed by atoms with E-state index in [4.69, 9.17) is 23.2 Å². The number of esters is 1. The molecule has 0 N–H and O–H groups in total. The van der Waals surface area contributed by atoms with Crippen LogP contribution in [0.4, 0.5) is 5.69 Å². The first kappa shape index (κ1) is 12.5. The molecule has 0 unspecified atom stereocenters. The van der Waals surface area contributed by atoms with Crippen LogP contribution in [0.15, 0.2) is 24.8 Å². The van der Waals surface area contributed by atoms with Crippen molar-refractivity contribution in [1.82, 2.24) is 0 Å². The number of benzene rings is 1. The number of carbonyl (C=O) groups is 1. The van der Waals surface area contributed by atoms with Gasteiger partial charge in [-0.1, -0.05) is 29.8 Å². The normalized spacial score (nSPS) is 9.62. The van der Waals surface area contributed by atoms with Gasteiger partial charge in [0, 0.05) is 17.2 Å². The third-order valence-corrected chi connectivity index (χ3v) is 2.05. The maximum atomic E-state index is 10.9. The topological polar surface area (TPSA) is 69.4 Å². The Labute approximate surface area is 100 Å². The summed E-state index contributed by atoms with van der Waals surface area (Å²) in [5, 5.41) is 10.6. The van der Waals surface area contributed by atoms with E-state index in [0.29, 0.717) is 0 Å². The summed E-state index contributed by atoms with van der Waals surface area (Å²) in [4.78, 5) is 20.9. The molecule has 0 atom stereocenters. The van der Waals surface area contributed by atoms with Crippen molar-refractivity contribution in [3.8, 4) is 5.75 Å². The zero-order chi connectivity index (χ0) is 12.3. The van der Waals surface area contributed by atoms with E-state index in [1.807, 2.05) is 0 Å². The van der Waals surface area contributed by atoms with Crippen molar-refractivity contribution in [3.63, 3.8) is 0 Å². The summed E-state index contributed by atoms with van der Waals surface area (Å²) in [7, 11) is 0. The molecular weight excluding hydrogens is 257 g/mol. The first-order valence-electron chi connectivity index (χ1n) is 3.93. The summed E-state index contributed by atoms with van der Waals surface area (Å²) in [6.07, 6.45) is 0.870. The van der Waals surface area contributed by atoms with E-state index in [1.54, 1.807) is 0 Å². The lowest BCUT2D eigenvalue weighted by molar-refractivity contribution is -0.385. The molecule has 0 spiro atoms. The van der Waals surface area contributed by atoms with Crippen LogP contribution in [0.1, 0.15) is 0 Å². The smallest absolute Gasteiger partial charge is 0.335 e. The number of ether oxygens (including phenoxy) is 1. The third kappa shape index (κ3) is 2.71. The molecule has 1 aromatic carbocycles. The van der Waals surface area contributed by atoms with E-state index in [2.05, 4.69) is 11.3 Å². The molecule has 0 aliphatic heterocycles. The molecule has 1 aromatic rings. The second-order valence-corrected chi connectivity index (χ2v) is 3.46. The molecule has 0 saturated heterocycles. The second-order valence-electron chi connectivity index (χ2n) is 2.62. The van der Waals surface area contributed by atoms with Crippen molar-refractivity contribution < 1.29 is 14.5 Å². The molecule has 0 fully saturated rings. The van der Waals surface area contributed by atoms with Crippen molar-refractivity contribution in [2.24, 2.45) is 0 Å². The lowest BCUT2D eigenvalue weighted by atomic mass is 10.3. The van der Waals surface area contributed by atoms with Crippen LogP contribution in [0.25, 0.3) is 0 Å². The Kier molecular flexibility index (Phi) is 3.87. The van der Waals surface area contributed by atoms with Crippen LogP contribution < -0.4 is 4.74 Å². The summed E-state index contributed by atoms with van der Waals surface area (Å²) in [6, 6.07) is 2.28. The van der Waals surface area contributed by atoms with Gasteiger partial charge in [-0.05, 0) is 6.07 Å². The van der Waals surface area contributed by atoms with Crippen molar-refractivity contribution in [2.45, 2.75) is 0 Å². The molecule has 0 amide bonds. The van der Waals surface area contributed by atoms with Gasteiger partial charge in [0.05, 0.1) is 9.95 Å². The van der Waals surface area contributed by atoms with Gasteiger partial charge in [-0.3, -0.25) is 10.1 Å². The molecular formula is C9H5Cl2NO4. The summed E-state index contributed by atoms with van der Waals surface area (Å²) in [6.45, 7) is 3.16. The fourth-order valence-electron chi connectivity index (χ4n) is 0.926. The van der Waals surface area contributed by atoms with Crippen LogP contribution in [-0.4, -0.2) is 10.9 Å². The number of rotatable bonds is 3. The van der Waals surface area contributed by atoms with E-state index in [1.165, 1.54) is 6.07 Å². The molecule has 0 aliphatic carbocycles. The minimum Gasteiger partial charge on any atom is -0.414 e. The van der Waals surface area contributed by atoms with E-state index < -0.39 is 16.6 Å². The highest BCUT2D eigenvalue weighted by atomic mass is 35.5. The van der Waals surface area contributed by atoms with Crippen molar-refractivity contribution in [1.29, 1.82) is 0 Å². The van der Waals surface area contributed by atoms with Gasteiger partial charge in [0.15, 0.2) is 0 Å². The van der Waals surface area contributed by atoms with Crippen molar-refractivity contribution in [3.05, 3.63) is 44.9 Å². The summed E-state index contributed by atoms with van der Waals surface area (Å²) < 4.78 is 4.65. The fraction of sp³-hybridized carbons (Fsp3) is 0. The van der Waals surface area contributed by atoms with Crippen molar-refractivity contribution >= 4 is 34.9 Å². The molecule has 5 nitrogen and oxygen atoms in total. The Morgan fingerprint density at radius 2 is 2.12 bits per heavy atom. The zero-order valence-corrected chi connectivity index (χ0v) is 9.29. The predicted octanol–water partition coefficient (Wildman–Crippen LogP) is 2.99. The van der Waals surface area contributed by atoms with Crippen LogP contribution in [0, 0.1) is 10.1 Å². The van der Waals surface area contributed by atoms with Gasteiger partial charge in [0.2, 0.25) is 5.75 Å². The highest BCUT2D eigenvalue weighted by Crippen LogP contribution is 2.37. The molecule has 16 heavy (non-hydrogen) atoms. The van der Waals surface area contributed by atoms with Crippen LogP contribution >= 0.6 is 23.2 Å². The van der Waals surface area contributed by atoms with Gasteiger partial charge in [-0.15, -0.1) is 0 Å². The molecule has 0 aliphatic rings. The van der Waals surface area contributed by atoms with Crippen LogP contribution in [0.3, 0.4) is 0 Å². The molecule has 7 heteroatoms. The van der Waals surface area contributed by atoms with E-state index in [-0.39, 0.29) is 15.8 Å². The molecule has 84 valence electrons. The monoisotopic (exact) mass is 261 g/mol. The minimum absolute atomic E-state index is 0.0788. The minimum atomic E-state index is -0.840. The lowest BCUT2D eigenvalue weighted by Gasteiger charge is -2.05. The average molecular weight is 262 g/mol. The van der Waals surface area contributed by atoms with Gasteiger partial charge in [0.1, 0.15) is 0 Å². The highest BCUT2D eigenvalue weighted by molar-refractivity contribution is 6.36. The third-order valence-electron chi connectivity index (χ3n) is 1.55. The Balaban J connectivity index is 3.29. The molecule has 1 rings (SSSR count). The van der Waals surface area contributed by atoms with Crippen LogP contribution in [0.5, 0.6) is 5.75 Å². The maximum absolute atomic E-state index is 10.9. The molecule has 0 bridgehead atoms. The van der Waals surface area contributed by atoms with E-state index in [0.717, 1.165) is 12.1 Å². The van der Waals surface area contributed by atoms with Crippen LogP contribution in [0.2, 0.25) is 10.0 Å². The Morgan fingerprint density at radius 3 is 2.62 bits per heavy atom. The molecule has 0 heterocycles. The summed E-state index contributed by atoms with van der Waals surface area (Å²) in [5.74, 6) is -1.19. The Hall–Kier alpha value is -1.59. The number of hydrogen-bond acceptors (Lipinski definition) is 4. The molecule has 0 saturated carbocycles. The summed E-state index contributed by atoms with van der Waals surface area (Å²) in [5.41, 5.74) is -0.479. The van der Waals surface area contributed by atoms with E-state index >= 15 is 0 Å². The number of nitrogens with zero attached hydrogens (tertiary/aromatic N) is 1. The number of hydrogen-bond donors (Lipinski definition) is 0. The Morgan fingerprint density at radius 1 is 1.50 bits per heavy atom. The molecule has 0 aromatic heterocycles. The number of halogens is 2. The first-order chi connectivity index (χ1) is 7.45. The van der Waals surface area contributed by atoms with Crippen molar-refractivity contribution in [2.75, 3.05) is 0 Å². The number of nitro benzene ring substituents is 1. The van der Waals surface area contributed by atoms with Gasteiger partial charge < -0.3 is 4.74 Å². The lowest BCUT2D eigenvalue weighted by Crippen LogP contribution is -2.06. The Bertz CT molecular complexity index is 473. The maximum Gasteiger partial charge on any atom is 0.335 e. The highest BCUT2D eigenvalue weighted by Gasteiger charge is 2.21. The fourth-order valence-corrected chi connectivity index (χ4v) is 1.45. The average Bonchev–Trinajstić information content (AvgIpc) is 2.20. The largest absolute Gasteiger partial charge is 0.414 e. The second kappa shape index (κ2) is 4.96. The summed E-state index contributed by atoms with van der Waals surface area (Å²) >= 11 is 11.3. The molecule has 0 radical (unpaired) electrons. The number of nitro groups is 1. The standard InChI is InChI=1S/C9H5Cl2NO4/c1-2-8(13)16-9-6(11)3-5(10)4-7(9)12(14)15/h2-4H,1H2. The number of carbonyl (C=O) groups excluding carboxylic acids is 1. The van der Waals surface area contributed by atoms with Crippen LogP contribution in [-0.2, 0) is 4.79 Å². The quantitative estimate of drug-likeness (QED) is 0.276. The zero-order valence-electron chi connectivity index (χ0n) is 7.78. The SMILES string of the molecule is C=CC(=O)Oc1c(Cl)cc(Cl)cc1[N+](=O)[O-]. The first-order valence-corrected chi connectivity index (χ1v) is 4.69. The van der Waals surface area contributed by atoms with Gasteiger partial charge >= 0.3 is 11.7 Å². The van der Waals surface area contributed by atoms with Gasteiger partial charge in [0.25, 0.3) is 0 Å². The van der Waals surface area contributed by atoms with Gasteiger partial charge in [-0.25, -0.2) is 4.79 Å².